The van der Waals surface area contributed by atoms with Crippen molar-refractivity contribution in [3.8, 4) is 0 Å². The van der Waals surface area contributed by atoms with Crippen LogP contribution in [0.3, 0.4) is 0 Å². The first-order valence-electron chi connectivity index (χ1n) is 7.18. The maximum absolute atomic E-state index is 12.7. The average Bonchev–Trinajstić information content (AvgIpc) is 2.93. The Morgan fingerprint density at radius 3 is 2.59 bits per heavy atom. The van der Waals surface area contributed by atoms with Crippen LogP contribution in [0.15, 0.2) is 36.4 Å². The molecular formula is C16H17N5O. The van der Waals surface area contributed by atoms with Gasteiger partial charge in [-0.1, -0.05) is 18.2 Å². The predicted octanol–water partition coefficient (Wildman–Crippen LogP) is 2.41. The lowest BCUT2D eigenvalue weighted by Gasteiger charge is -2.18. The molecule has 0 saturated heterocycles. The van der Waals surface area contributed by atoms with E-state index in [-0.39, 0.29) is 11.7 Å². The van der Waals surface area contributed by atoms with E-state index in [1.54, 1.807) is 9.42 Å². The molecule has 0 radical (unpaired) electrons. The molecule has 0 bridgehead atoms. The molecule has 6 nitrogen and oxygen atoms in total. The minimum atomic E-state index is -0.226. The summed E-state index contributed by atoms with van der Waals surface area (Å²) in [5.41, 5.74) is 2.58. The number of hydrogen-bond donors (Lipinski definition) is 0. The van der Waals surface area contributed by atoms with Gasteiger partial charge in [0.05, 0.1) is 0 Å². The quantitative estimate of drug-likeness (QED) is 0.744. The first-order valence-corrected chi connectivity index (χ1v) is 7.18. The SMILES string of the molecule is CCN(C(=O)c1nc2nc(C)cc(C)n2n1)c1ccccc1. The van der Waals surface area contributed by atoms with Crippen molar-refractivity contribution in [1.29, 1.82) is 0 Å². The number of para-hydroxylation sites is 1. The number of hydrogen-bond acceptors (Lipinski definition) is 4. The summed E-state index contributed by atoms with van der Waals surface area (Å²) >= 11 is 0. The lowest BCUT2D eigenvalue weighted by Crippen LogP contribution is -2.31. The van der Waals surface area contributed by atoms with Crippen LogP contribution in [0.5, 0.6) is 0 Å². The summed E-state index contributed by atoms with van der Waals surface area (Å²) in [6, 6.07) is 11.4. The van der Waals surface area contributed by atoms with Crippen molar-refractivity contribution in [2.45, 2.75) is 20.8 Å². The fourth-order valence-electron chi connectivity index (χ4n) is 2.43. The number of anilines is 1. The zero-order valence-corrected chi connectivity index (χ0v) is 12.8. The number of aryl methyl sites for hydroxylation is 2. The molecule has 1 aromatic carbocycles. The Hall–Kier alpha value is -2.76. The Morgan fingerprint density at radius 2 is 1.91 bits per heavy atom. The minimum absolute atomic E-state index is 0.159. The number of fused-ring (bicyclic) bond motifs is 1. The van der Waals surface area contributed by atoms with Crippen molar-refractivity contribution in [1.82, 2.24) is 19.6 Å². The normalized spacial score (nSPS) is 10.9. The third-order valence-electron chi connectivity index (χ3n) is 3.44. The number of rotatable bonds is 3. The van der Waals surface area contributed by atoms with E-state index in [0.29, 0.717) is 12.3 Å². The van der Waals surface area contributed by atoms with Gasteiger partial charge >= 0.3 is 0 Å². The zero-order valence-electron chi connectivity index (χ0n) is 12.8. The third kappa shape index (κ3) is 2.43. The minimum Gasteiger partial charge on any atom is -0.306 e. The Bertz CT molecular complexity index is 825. The van der Waals surface area contributed by atoms with Crippen LogP contribution < -0.4 is 4.90 Å². The van der Waals surface area contributed by atoms with Gasteiger partial charge in [-0.15, -0.1) is 5.10 Å². The summed E-state index contributed by atoms with van der Waals surface area (Å²) in [7, 11) is 0. The summed E-state index contributed by atoms with van der Waals surface area (Å²) in [5.74, 6) is 0.383. The van der Waals surface area contributed by atoms with Gasteiger partial charge in [-0.2, -0.15) is 4.98 Å². The summed E-state index contributed by atoms with van der Waals surface area (Å²) in [6.07, 6.45) is 0. The molecule has 22 heavy (non-hydrogen) atoms. The van der Waals surface area contributed by atoms with Crippen molar-refractivity contribution >= 4 is 17.4 Å². The molecule has 1 amide bonds. The molecule has 3 rings (SSSR count). The van der Waals surface area contributed by atoms with Gasteiger partial charge in [0, 0.05) is 23.6 Å². The number of carbonyl (C=O) groups excluding carboxylic acids is 1. The van der Waals surface area contributed by atoms with E-state index in [1.165, 1.54) is 0 Å². The van der Waals surface area contributed by atoms with Crippen molar-refractivity contribution in [3.63, 3.8) is 0 Å². The average molecular weight is 295 g/mol. The molecule has 0 spiro atoms. The summed E-state index contributed by atoms with van der Waals surface area (Å²) in [6.45, 7) is 6.28. The van der Waals surface area contributed by atoms with Crippen molar-refractivity contribution in [2.75, 3.05) is 11.4 Å². The van der Waals surface area contributed by atoms with Gasteiger partial charge in [-0.25, -0.2) is 9.50 Å². The summed E-state index contributed by atoms with van der Waals surface area (Å²) < 4.78 is 1.60. The van der Waals surface area contributed by atoms with Crippen LogP contribution in [0.1, 0.15) is 28.9 Å². The highest BCUT2D eigenvalue weighted by Gasteiger charge is 2.21. The van der Waals surface area contributed by atoms with Crippen molar-refractivity contribution < 1.29 is 4.79 Å². The topological polar surface area (TPSA) is 63.4 Å². The third-order valence-corrected chi connectivity index (χ3v) is 3.44. The molecule has 0 aliphatic rings. The lowest BCUT2D eigenvalue weighted by molar-refractivity contribution is 0.0978. The Labute approximate surface area is 128 Å². The molecule has 3 aromatic rings. The van der Waals surface area contributed by atoms with Crippen molar-refractivity contribution in [2.24, 2.45) is 0 Å². The summed E-state index contributed by atoms with van der Waals surface area (Å²) in [4.78, 5) is 22.9. The van der Waals surface area contributed by atoms with Crippen LogP contribution in [0.2, 0.25) is 0 Å². The highest BCUT2D eigenvalue weighted by molar-refractivity contribution is 6.03. The smallest absolute Gasteiger partial charge is 0.298 e. The largest absolute Gasteiger partial charge is 0.306 e. The Kier molecular flexibility index (Phi) is 3.58. The van der Waals surface area contributed by atoms with Crippen LogP contribution in [0, 0.1) is 13.8 Å². The van der Waals surface area contributed by atoms with Crippen LogP contribution >= 0.6 is 0 Å². The van der Waals surface area contributed by atoms with Crippen LogP contribution in [0.4, 0.5) is 5.69 Å². The highest BCUT2D eigenvalue weighted by Crippen LogP contribution is 2.16. The van der Waals surface area contributed by atoms with Gasteiger partial charge in [-0.05, 0) is 39.0 Å². The lowest BCUT2D eigenvalue weighted by atomic mass is 10.3. The highest BCUT2D eigenvalue weighted by atomic mass is 16.2. The number of carbonyl (C=O) groups is 1. The van der Waals surface area contributed by atoms with Gasteiger partial charge < -0.3 is 4.90 Å². The Balaban J connectivity index is 2.03. The molecule has 6 heteroatoms. The van der Waals surface area contributed by atoms with Crippen molar-refractivity contribution in [3.05, 3.63) is 53.6 Å². The molecule has 0 atom stereocenters. The number of benzene rings is 1. The van der Waals surface area contributed by atoms with Gasteiger partial charge in [0.25, 0.3) is 11.7 Å². The molecule has 0 aliphatic carbocycles. The molecule has 112 valence electrons. The summed E-state index contributed by atoms with van der Waals surface area (Å²) in [5, 5.41) is 4.30. The van der Waals surface area contributed by atoms with Gasteiger partial charge in [-0.3, -0.25) is 4.79 Å². The number of nitrogens with zero attached hydrogens (tertiary/aromatic N) is 5. The van der Waals surface area contributed by atoms with Gasteiger partial charge in [0.15, 0.2) is 0 Å². The van der Waals surface area contributed by atoms with E-state index in [2.05, 4.69) is 15.1 Å². The van der Waals surface area contributed by atoms with E-state index in [4.69, 9.17) is 0 Å². The standard InChI is InChI=1S/C16H17N5O/c1-4-20(13-8-6-5-7-9-13)15(22)14-18-16-17-11(2)10-12(3)21(16)19-14/h5-10H,4H2,1-3H3. The monoisotopic (exact) mass is 295 g/mol. The maximum atomic E-state index is 12.7. The van der Waals surface area contributed by atoms with E-state index in [9.17, 15) is 4.79 Å². The van der Waals surface area contributed by atoms with Gasteiger partial charge in [0.1, 0.15) is 0 Å². The molecular weight excluding hydrogens is 278 g/mol. The van der Waals surface area contributed by atoms with Crippen LogP contribution in [-0.4, -0.2) is 32.0 Å². The molecule has 2 heterocycles. The molecule has 0 fully saturated rings. The number of aromatic nitrogens is 4. The second-order valence-electron chi connectivity index (χ2n) is 5.07. The second kappa shape index (κ2) is 5.55. The van der Waals surface area contributed by atoms with Crippen LogP contribution in [0.25, 0.3) is 5.78 Å². The first kappa shape index (κ1) is 14.2. The first-order chi connectivity index (χ1) is 10.6. The maximum Gasteiger partial charge on any atom is 0.298 e. The molecule has 0 aliphatic heterocycles. The number of amides is 1. The molecule has 0 unspecified atom stereocenters. The second-order valence-corrected chi connectivity index (χ2v) is 5.07. The molecule has 0 N–H and O–H groups in total. The Morgan fingerprint density at radius 1 is 1.18 bits per heavy atom. The van der Waals surface area contributed by atoms with E-state index < -0.39 is 0 Å². The van der Waals surface area contributed by atoms with E-state index in [0.717, 1.165) is 17.1 Å². The van der Waals surface area contributed by atoms with E-state index in [1.807, 2.05) is 57.2 Å². The fourth-order valence-corrected chi connectivity index (χ4v) is 2.43. The van der Waals surface area contributed by atoms with E-state index >= 15 is 0 Å². The van der Waals surface area contributed by atoms with Gasteiger partial charge in [0.2, 0.25) is 5.82 Å². The molecule has 0 saturated carbocycles. The zero-order chi connectivity index (χ0) is 15.7. The fraction of sp³-hybridized carbons (Fsp3) is 0.250. The predicted molar refractivity (Wildman–Crippen MR) is 84.0 cm³/mol. The molecule has 2 aromatic heterocycles. The van der Waals surface area contributed by atoms with Crippen LogP contribution in [-0.2, 0) is 0 Å².